The van der Waals surface area contributed by atoms with E-state index < -0.39 is 5.91 Å². The molecular formula is C16H15FN4O2. The van der Waals surface area contributed by atoms with E-state index in [-0.39, 0.29) is 5.82 Å². The van der Waals surface area contributed by atoms with Crippen molar-refractivity contribution in [2.24, 2.45) is 7.05 Å². The predicted molar refractivity (Wildman–Crippen MR) is 83.7 cm³/mol. The molecule has 0 aliphatic heterocycles. The average Bonchev–Trinajstić information content (AvgIpc) is 2.89. The number of nitrogens with zero attached hydrogens (tertiary/aromatic N) is 2. The number of aryl methyl sites for hydroxylation is 1. The molecule has 0 radical (unpaired) electrons. The number of para-hydroxylation sites is 1. The number of rotatable bonds is 4. The van der Waals surface area contributed by atoms with Crippen LogP contribution in [0.25, 0.3) is 11.0 Å². The quantitative estimate of drug-likeness (QED) is 0.510. The number of anilines is 1. The molecule has 0 saturated carbocycles. The van der Waals surface area contributed by atoms with E-state index in [0.717, 1.165) is 5.52 Å². The van der Waals surface area contributed by atoms with E-state index in [0.29, 0.717) is 29.1 Å². The molecule has 1 heterocycles. The molecule has 0 aliphatic carbocycles. The van der Waals surface area contributed by atoms with Gasteiger partial charge in [-0.15, -0.1) is 0 Å². The SMILES string of the molecule is Cn1c(CNc2ccccc2F)nc2cc(C(=O)NO)ccc21. The number of hydrogen-bond acceptors (Lipinski definition) is 4. The van der Waals surface area contributed by atoms with Crippen molar-refractivity contribution in [1.82, 2.24) is 15.0 Å². The van der Waals surface area contributed by atoms with Crippen LogP contribution in [0.2, 0.25) is 0 Å². The van der Waals surface area contributed by atoms with Crippen LogP contribution in [-0.4, -0.2) is 20.7 Å². The highest BCUT2D eigenvalue weighted by atomic mass is 19.1. The molecule has 0 fully saturated rings. The van der Waals surface area contributed by atoms with Gasteiger partial charge in [-0.25, -0.2) is 14.9 Å². The molecule has 3 rings (SSSR count). The lowest BCUT2D eigenvalue weighted by molar-refractivity contribution is 0.0706. The second kappa shape index (κ2) is 6.05. The van der Waals surface area contributed by atoms with Crippen molar-refractivity contribution in [2.45, 2.75) is 6.54 Å². The lowest BCUT2D eigenvalue weighted by Crippen LogP contribution is -2.18. The van der Waals surface area contributed by atoms with Crippen molar-refractivity contribution < 1.29 is 14.4 Å². The monoisotopic (exact) mass is 314 g/mol. The lowest BCUT2D eigenvalue weighted by atomic mass is 10.2. The predicted octanol–water partition coefficient (Wildman–Crippen LogP) is 2.44. The Kier molecular flexibility index (Phi) is 3.94. The maximum absolute atomic E-state index is 13.6. The third-order valence-corrected chi connectivity index (χ3v) is 3.65. The molecule has 0 bridgehead atoms. The summed E-state index contributed by atoms with van der Waals surface area (Å²) >= 11 is 0. The molecule has 2 aromatic carbocycles. The summed E-state index contributed by atoms with van der Waals surface area (Å²) < 4.78 is 15.5. The molecule has 0 saturated heterocycles. The summed E-state index contributed by atoms with van der Waals surface area (Å²) in [6, 6.07) is 11.4. The van der Waals surface area contributed by atoms with Gasteiger partial charge < -0.3 is 9.88 Å². The Morgan fingerprint density at radius 3 is 2.83 bits per heavy atom. The van der Waals surface area contributed by atoms with Crippen LogP contribution in [0.1, 0.15) is 16.2 Å². The zero-order valence-corrected chi connectivity index (χ0v) is 12.4. The van der Waals surface area contributed by atoms with E-state index in [4.69, 9.17) is 5.21 Å². The normalized spacial score (nSPS) is 10.7. The fraction of sp³-hybridized carbons (Fsp3) is 0.125. The zero-order chi connectivity index (χ0) is 16.4. The van der Waals surface area contributed by atoms with E-state index in [1.807, 2.05) is 11.6 Å². The molecule has 1 aromatic heterocycles. The maximum Gasteiger partial charge on any atom is 0.274 e. The molecule has 23 heavy (non-hydrogen) atoms. The number of aromatic nitrogens is 2. The van der Waals surface area contributed by atoms with Gasteiger partial charge in [0.25, 0.3) is 5.91 Å². The first kappa shape index (κ1) is 15.0. The summed E-state index contributed by atoms with van der Waals surface area (Å²) in [5.41, 5.74) is 3.77. The van der Waals surface area contributed by atoms with Crippen molar-refractivity contribution >= 4 is 22.6 Å². The summed E-state index contributed by atoms with van der Waals surface area (Å²) in [4.78, 5) is 15.9. The highest BCUT2D eigenvalue weighted by Crippen LogP contribution is 2.19. The van der Waals surface area contributed by atoms with Crippen LogP contribution in [-0.2, 0) is 13.6 Å². The summed E-state index contributed by atoms with van der Waals surface area (Å²) in [6.45, 7) is 0.341. The van der Waals surface area contributed by atoms with Crippen LogP contribution < -0.4 is 10.8 Å². The standard InChI is InChI=1S/C16H15FN4O2/c1-21-14-7-6-10(16(22)20-23)8-13(14)19-15(21)9-18-12-5-3-2-4-11(12)17/h2-8,18,23H,9H2,1H3,(H,20,22). The highest BCUT2D eigenvalue weighted by Gasteiger charge is 2.11. The number of imidazole rings is 1. The van der Waals surface area contributed by atoms with Gasteiger partial charge in [-0.05, 0) is 30.3 Å². The van der Waals surface area contributed by atoms with Gasteiger partial charge in [-0.2, -0.15) is 0 Å². The summed E-state index contributed by atoms with van der Waals surface area (Å²) in [7, 11) is 1.85. The topological polar surface area (TPSA) is 79.2 Å². The minimum absolute atomic E-state index is 0.312. The van der Waals surface area contributed by atoms with E-state index >= 15 is 0 Å². The number of nitrogens with one attached hydrogen (secondary N) is 2. The minimum Gasteiger partial charge on any atom is -0.375 e. The second-order valence-electron chi connectivity index (χ2n) is 5.06. The number of carbonyl (C=O) groups excluding carboxylic acids is 1. The van der Waals surface area contributed by atoms with Crippen LogP contribution in [0.4, 0.5) is 10.1 Å². The molecule has 0 unspecified atom stereocenters. The van der Waals surface area contributed by atoms with Crippen LogP contribution in [0.15, 0.2) is 42.5 Å². The van der Waals surface area contributed by atoms with Gasteiger partial charge in [-0.1, -0.05) is 12.1 Å². The molecule has 3 aromatic rings. The fourth-order valence-corrected chi connectivity index (χ4v) is 2.39. The Balaban J connectivity index is 1.88. The number of benzene rings is 2. The van der Waals surface area contributed by atoms with Crippen LogP contribution in [0.3, 0.4) is 0 Å². The van der Waals surface area contributed by atoms with Crippen molar-refractivity contribution in [2.75, 3.05) is 5.32 Å². The number of carbonyl (C=O) groups is 1. The molecule has 118 valence electrons. The number of halogens is 1. The van der Waals surface area contributed by atoms with Gasteiger partial charge in [0.1, 0.15) is 11.6 Å². The largest absolute Gasteiger partial charge is 0.375 e. The lowest BCUT2D eigenvalue weighted by Gasteiger charge is -2.07. The first-order valence-corrected chi connectivity index (χ1v) is 6.98. The first-order chi connectivity index (χ1) is 11.1. The number of fused-ring (bicyclic) bond motifs is 1. The number of hydroxylamine groups is 1. The number of hydrogen-bond donors (Lipinski definition) is 3. The fourth-order valence-electron chi connectivity index (χ4n) is 2.39. The Labute approximate surface area is 131 Å². The molecule has 0 aliphatic rings. The summed E-state index contributed by atoms with van der Waals surface area (Å²) in [6.07, 6.45) is 0. The third-order valence-electron chi connectivity index (χ3n) is 3.65. The van der Waals surface area contributed by atoms with E-state index in [2.05, 4.69) is 10.3 Å². The Morgan fingerprint density at radius 2 is 2.09 bits per heavy atom. The van der Waals surface area contributed by atoms with Crippen molar-refractivity contribution in [3.05, 3.63) is 59.7 Å². The Hall–Kier alpha value is -2.93. The maximum atomic E-state index is 13.6. The molecule has 6 nitrogen and oxygen atoms in total. The average molecular weight is 314 g/mol. The minimum atomic E-state index is -0.594. The van der Waals surface area contributed by atoms with Gasteiger partial charge in [0.05, 0.1) is 23.3 Å². The number of amides is 1. The molecule has 3 N–H and O–H groups in total. The Morgan fingerprint density at radius 1 is 1.30 bits per heavy atom. The van der Waals surface area contributed by atoms with Gasteiger partial charge in [0.15, 0.2) is 0 Å². The highest BCUT2D eigenvalue weighted by molar-refractivity contribution is 5.96. The smallest absolute Gasteiger partial charge is 0.274 e. The van der Waals surface area contributed by atoms with Crippen molar-refractivity contribution in [3.63, 3.8) is 0 Å². The molecule has 0 atom stereocenters. The van der Waals surface area contributed by atoms with Gasteiger partial charge >= 0.3 is 0 Å². The Bertz CT molecular complexity index is 876. The van der Waals surface area contributed by atoms with Crippen LogP contribution in [0.5, 0.6) is 0 Å². The van der Waals surface area contributed by atoms with E-state index in [1.54, 1.807) is 41.9 Å². The molecule has 7 heteroatoms. The van der Waals surface area contributed by atoms with Crippen molar-refractivity contribution in [1.29, 1.82) is 0 Å². The summed E-state index contributed by atoms with van der Waals surface area (Å²) in [5, 5.41) is 11.7. The van der Waals surface area contributed by atoms with Crippen LogP contribution in [0, 0.1) is 5.82 Å². The molecule has 1 amide bonds. The van der Waals surface area contributed by atoms with E-state index in [1.165, 1.54) is 6.07 Å². The zero-order valence-electron chi connectivity index (χ0n) is 12.4. The summed E-state index contributed by atoms with van der Waals surface area (Å²) in [5.74, 6) is -0.221. The molecular weight excluding hydrogens is 299 g/mol. The van der Waals surface area contributed by atoms with Crippen LogP contribution >= 0.6 is 0 Å². The van der Waals surface area contributed by atoms with Gasteiger partial charge in [-0.3, -0.25) is 10.0 Å². The van der Waals surface area contributed by atoms with E-state index in [9.17, 15) is 9.18 Å². The first-order valence-electron chi connectivity index (χ1n) is 6.98. The molecule has 0 spiro atoms. The third kappa shape index (κ3) is 2.86. The van der Waals surface area contributed by atoms with Gasteiger partial charge in [0.2, 0.25) is 0 Å². The van der Waals surface area contributed by atoms with Crippen molar-refractivity contribution in [3.8, 4) is 0 Å². The second-order valence-corrected chi connectivity index (χ2v) is 5.06. The van der Waals surface area contributed by atoms with Gasteiger partial charge in [0, 0.05) is 12.6 Å².